The topological polar surface area (TPSA) is 76.5 Å². The molecule has 1 unspecified atom stereocenters. The molecule has 1 amide bonds. The van der Waals surface area contributed by atoms with Gasteiger partial charge in [-0.3, -0.25) is 9.20 Å². The van der Waals surface area contributed by atoms with Crippen LogP contribution < -0.4 is 5.73 Å². The molecule has 0 bridgehead atoms. The maximum absolute atomic E-state index is 14.9. The van der Waals surface area contributed by atoms with E-state index in [1.165, 1.54) is 11.6 Å². The zero-order chi connectivity index (χ0) is 21.0. The Kier molecular flexibility index (Phi) is 4.03. The summed E-state index contributed by atoms with van der Waals surface area (Å²) < 4.78 is 16.7. The van der Waals surface area contributed by atoms with Crippen molar-refractivity contribution >= 4 is 28.3 Å². The van der Waals surface area contributed by atoms with Gasteiger partial charge in [-0.05, 0) is 17.0 Å². The van der Waals surface area contributed by atoms with Crippen molar-refractivity contribution < 1.29 is 9.18 Å². The highest BCUT2D eigenvalue weighted by Crippen LogP contribution is 2.42. The van der Waals surface area contributed by atoms with Crippen molar-refractivity contribution in [3.8, 4) is 0 Å². The molecule has 0 saturated carbocycles. The number of nitrogen functional groups attached to an aromatic ring is 1. The number of amides is 1. The van der Waals surface area contributed by atoms with E-state index in [9.17, 15) is 9.18 Å². The molecular weight excluding hydrogens is 381 g/mol. The van der Waals surface area contributed by atoms with Gasteiger partial charge >= 0.3 is 0 Å². The lowest BCUT2D eigenvalue weighted by Crippen LogP contribution is -2.31. The van der Waals surface area contributed by atoms with Crippen LogP contribution in [0.25, 0.3) is 16.6 Å². The smallest absolute Gasteiger partial charge is 0.256 e. The maximum atomic E-state index is 14.9. The van der Waals surface area contributed by atoms with E-state index in [1.54, 1.807) is 27.9 Å². The van der Waals surface area contributed by atoms with Crippen LogP contribution in [0.5, 0.6) is 0 Å². The minimum Gasteiger partial charge on any atom is -0.382 e. The molecule has 1 aliphatic rings. The highest BCUT2D eigenvalue weighted by molar-refractivity contribution is 5.98. The minimum atomic E-state index is -0.597. The van der Waals surface area contributed by atoms with Gasteiger partial charge in [-0.15, -0.1) is 0 Å². The Labute approximate surface area is 173 Å². The second kappa shape index (κ2) is 6.52. The second-order valence-electron chi connectivity index (χ2n) is 8.60. The molecular formula is C23H22FN5O. The monoisotopic (exact) mass is 403 g/mol. The Morgan fingerprint density at radius 3 is 2.73 bits per heavy atom. The Bertz CT molecular complexity index is 1280. The van der Waals surface area contributed by atoms with Crippen molar-refractivity contribution in [3.05, 3.63) is 71.9 Å². The lowest BCUT2D eigenvalue weighted by Gasteiger charge is -2.25. The van der Waals surface area contributed by atoms with Crippen molar-refractivity contribution in [1.29, 1.82) is 0 Å². The normalized spacial score (nSPS) is 18.4. The Morgan fingerprint density at radius 1 is 1.20 bits per heavy atom. The van der Waals surface area contributed by atoms with E-state index in [0.29, 0.717) is 29.6 Å². The van der Waals surface area contributed by atoms with Crippen LogP contribution in [0.1, 0.15) is 35.7 Å². The zero-order valence-corrected chi connectivity index (χ0v) is 16.8. The number of imidazole rings is 1. The highest BCUT2D eigenvalue weighted by atomic mass is 19.1. The minimum absolute atomic E-state index is 0.0357. The van der Waals surface area contributed by atoms with Crippen molar-refractivity contribution in [1.82, 2.24) is 19.3 Å². The summed E-state index contributed by atoms with van der Waals surface area (Å²) in [6, 6.07) is 13.0. The number of likely N-dealkylation sites (tertiary alicyclic amines) is 1. The van der Waals surface area contributed by atoms with E-state index >= 15 is 0 Å². The Morgan fingerprint density at radius 2 is 1.97 bits per heavy atom. The van der Waals surface area contributed by atoms with E-state index in [1.807, 2.05) is 18.2 Å². The molecule has 1 aliphatic heterocycles. The number of benzene rings is 2. The molecule has 0 aliphatic carbocycles. The van der Waals surface area contributed by atoms with E-state index in [4.69, 9.17) is 5.73 Å². The van der Waals surface area contributed by atoms with Gasteiger partial charge < -0.3 is 10.6 Å². The van der Waals surface area contributed by atoms with Gasteiger partial charge in [0.1, 0.15) is 17.2 Å². The third-order valence-corrected chi connectivity index (χ3v) is 6.13. The molecule has 1 fully saturated rings. The number of carbonyl (C=O) groups excluding carboxylic acids is 1. The molecule has 7 heteroatoms. The first kappa shape index (κ1) is 18.5. The number of carbonyl (C=O) groups is 1. The average molecular weight is 403 g/mol. The standard InChI is InChI=1S/C23H22FN5O/c1-23(2)12-28(11-16(23)14-6-4-3-5-7-14)22(30)15-8-19-18(9-17(15)24)27-21(25)20-10-26-13-29(19)20/h3-10,13,16H,11-12H2,1-2H3,(H2,25,27). The largest absolute Gasteiger partial charge is 0.382 e. The molecule has 5 rings (SSSR count). The lowest BCUT2D eigenvalue weighted by atomic mass is 9.78. The van der Waals surface area contributed by atoms with Crippen LogP contribution in [0, 0.1) is 11.2 Å². The summed E-state index contributed by atoms with van der Waals surface area (Å²) in [6.07, 6.45) is 3.19. The number of hydrogen-bond acceptors (Lipinski definition) is 4. The molecule has 6 nitrogen and oxygen atoms in total. The van der Waals surface area contributed by atoms with E-state index in [-0.39, 0.29) is 28.6 Å². The number of anilines is 1. The van der Waals surface area contributed by atoms with Crippen molar-refractivity contribution in [3.63, 3.8) is 0 Å². The number of nitrogens with zero attached hydrogens (tertiary/aromatic N) is 4. The van der Waals surface area contributed by atoms with Crippen molar-refractivity contribution in [2.24, 2.45) is 5.41 Å². The van der Waals surface area contributed by atoms with Crippen LogP contribution in [0.15, 0.2) is 55.0 Å². The summed E-state index contributed by atoms with van der Waals surface area (Å²) in [4.78, 5) is 23.4. The van der Waals surface area contributed by atoms with Crippen LogP contribution in [-0.2, 0) is 0 Å². The number of fused-ring (bicyclic) bond motifs is 3. The molecule has 1 saturated heterocycles. The number of nitrogens with two attached hydrogens (primary N) is 1. The van der Waals surface area contributed by atoms with Crippen LogP contribution in [0.4, 0.5) is 10.2 Å². The fourth-order valence-corrected chi connectivity index (χ4v) is 4.56. The quantitative estimate of drug-likeness (QED) is 0.551. The van der Waals surface area contributed by atoms with Crippen LogP contribution in [0.2, 0.25) is 0 Å². The number of halogens is 1. The van der Waals surface area contributed by atoms with Crippen LogP contribution >= 0.6 is 0 Å². The summed E-state index contributed by atoms with van der Waals surface area (Å²) in [7, 11) is 0. The predicted octanol–water partition coefficient (Wildman–Crippen LogP) is 3.87. The van der Waals surface area contributed by atoms with Gasteiger partial charge in [0, 0.05) is 25.1 Å². The van der Waals surface area contributed by atoms with Gasteiger partial charge in [0.05, 0.1) is 29.1 Å². The number of rotatable bonds is 2. The van der Waals surface area contributed by atoms with Gasteiger partial charge in [0.15, 0.2) is 0 Å². The number of aromatic nitrogens is 3. The van der Waals surface area contributed by atoms with E-state index < -0.39 is 5.82 Å². The third kappa shape index (κ3) is 2.81. The molecule has 152 valence electrons. The molecule has 30 heavy (non-hydrogen) atoms. The first-order chi connectivity index (χ1) is 14.3. The molecule has 3 heterocycles. The molecule has 2 N–H and O–H groups in total. The fourth-order valence-electron chi connectivity index (χ4n) is 4.56. The molecule has 0 spiro atoms. The van der Waals surface area contributed by atoms with Crippen LogP contribution in [0.3, 0.4) is 0 Å². The molecule has 1 atom stereocenters. The predicted molar refractivity (Wildman–Crippen MR) is 114 cm³/mol. The summed E-state index contributed by atoms with van der Waals surface area (Å²) in [5.74, 6) is -0.454. The Balaban J connectivity index is 1.55. The molecule has 2 aromatic heterocycles. The third-order valence-electron chi connectivity index (χ3n) is 6.13. The summed E-state index contributed by atoms with van der Waals surface area (Å²) >= 11 is 0. The Hall–Kier alpha value is -3.48. The van der Waals surface area contributed by atoms with Gasteiger partial charge in [-0.1, -0.05) is 44.2 Å². The van der Waals surface area contributed by atoms with Crippen molar-refractivity contribution in [2.45, 2.75) is 19.8 Å². The summed E-state index contributed by atoms with van der Waals surface area (Å²) in [5.41, 5.74) is 8.66. The molecule has 0 radical (unpaired) electrons. The highest BCUT2D eigenvalue weighted by Gasteiger charge is 2.42. The van der Waals surface area contributed by atoms with Crippen LogP contribution in [-0.4, -0.2) is 38.3 Å². The summed E-state index contributed by atoms with van der Waals surface area (Å²) in [6.45, 7) is 5.41. The first-order valence-corrected chi connectivity index (χ1v) is 9.90. The van der Waals surface area contributed by atoms with E-state index in [0.717, 1.165) is 0 Å². The molecule has 4 aromatic rings. The lowest BCUT2D eigenvalue weighted by molar-refractivity contribution is 0.0773. The maximum Gasteiger partial charge on any atom is 0.256 e. The van der Waals surface area contributed by atoms with Gasteiger partial charge in [0.25, 0.3) is 5.91 Å². The van der Waals surface area contributed by atoms with Crippen molar-refractivity contribution in [2.75, 3.05) is 18.8 Å². The fraction of sp³-hybridized carbons (Fsp3) is 0.261. The van der Waals surface area contributed by atoms with Gasteiger partial charge in [-0.25, -0.2) is 14.4 Å². The van der Waals surface area contributed by atoms with Gasteiger partial charge in [-0.2, -0.15) is 0 Å². The average Bonchev–Trinajstić information content (AvgIpc) is 3.33. The zero-order valence-electron chi connectivity index (χ0n) is 16.8. The second-order valence-corrected chi connectivity index (χ2v) is 8.60. The number of hydrogen-bond donors (Lipinski definition) is 1. The molecule has 2 aromatic carbocycles. The van der Waals surface area contributed by atoms with E-state index in [2.05, 4.69) is 35.9 Å². The SMILES string of the molecule is CC1(C)CN(C(=O)c2cc3c(cc2F)nc(N)c2cncn23)CC1c1ccccc1. The van der Waals surface area contributed by atoms with Gasteiger partial charge in [0.2, 0.25) is 0 Å². The summed E-state index contributed by atoms with van der Waals surface area (Å²) in [5, 5.41) is 0. The first-order valence-electron chi connectivity index (χ1n) is 9.90.